The van der Waals surface area contributed by atoms with Crippen molar-refractivity contribution >= 4 is 11.9 Å². The highest BCUT2D eigenvalue weighted by atomic mass is 16.4. The summed E-state index contributed by atoms with van der Waals surface area (Å²) in [7, 11) is 0. The molecule has 0 aromatic rings. The quantitative estimate of drug-likeness (QED) is 0.489. The Labute approximate surface area is 114 Å². The first-order valence-corrected chi connectivity index (χ1v) is 6.72. The molecule has 19 heavy (non-hydrogen) atoms. The lowest BCUT2D eigenvalue weighted by atomic mass is 9.75. The Morgan fingerprint density at radius 3 is 2.53 bits per heavy atom. The summed E-state index contributed by atoms with van der Waals surface area (Å²) in [6.45, 7) is 2.46. The van der Waals surface area contributed by atoms with E-state index in [0.717, 1.165) is 19.3 Å². The Bertz CT molecular complexity index is 365. The van der Waals surface area contributed by atoms with E-state index < -0.39 is 11.5 Å². The number of terminal acetylenes is 1. The van der Waals surface area contributed by atoms with Crippen LogP contribution in [0, 0.1) is 18.3 Å². The van der Waals surface area contributed by atoms with Crippen molar-refractivity contribution in [3.63, 3.8) is 0 Å². The van der Waals surface area contributed by atoms with Crippen LogP contribution >= 0.6 is 0 Å². The average Bonchev–Trinajstić information content (AvgIpc) is 2.39. The van der Waals surface area contributed by atoms with Crippen molar-refractivity contribution in [2.45, 2.75) is 44.6 Å². The van der Waals surface area contributed by atoms with Gasteiger partial charge in [0.2, 0.25) is 5.91 Å². The number of carboxylic acid groups (broad SMARTS) is 1. The van der Waals surface area contributed by atoms with Crippen LogP contribution in [0.5, 0.6) is 0 Å². The van der Waals surface area contributed by atoms with Gasteiger partial charge in [-0.15, -0.1) is 6.42 Å². The van der Waals surface area contributed by atoms with Crippen LogP contribution in [0.2, 0.25) is 0 Å². The maximum absolute atomic E-state index is 11.7. The van der Waals surface area contributed by atoms with Gasteiger partial charge in [-0.2, -0.15) is 0 Å². The molecule has 0 heterocycles. The summed E-state index contributed by atoms with van der Waals surface area (Å²) in [5.74, 6) is 1.69. The van der Waals surface area contributed by atoms with E-state index in [-0.39, 0.29) is 12.5 Å². The van der Waals surface area contributed by atoms with Crippen LogP contribution in [0.25, 0.3) is 0 Å². The molecule has 0 unspecified atom stereocenters. The highest BCUT2D eigenvalue weighted by Crippen LogP contribution is 2.33. The van der Waals surface area contributed by atoms with E-state index in [9.17, 15) is 14.7 Å². The maximum Gasteiger partial charge on any atom is 0.329 e. The number of carboxylic acids is 1. The average molecular weight is 266 g/mol. The van der Waals surface area contributed by atoms with E-state index in [1.807, 2.05) is 0 Å². The van der Waals surface area contributed by atoms with Crippen molar-refractivity contribution in [1.29, 1.82) is 0 Å². The lowest BCUT2D eigenvalue weighted by Crippen LogP contribution is -2.57. The number of rotatable bonds is 6. The van der Waals surface area contributed by atoms with Gasteiger partial charge in [-0.1, -0.05) is 19.3 Å². The molecule has 0 saturated heterocycles. The van der Waals surface area contributed by atoms with Crippen LogP contribution in [0.1, 0.15) is 39.0 Å². The van der Waals surface area contributed by atoms with E-state index in [4.69, 9.17) is 6.42 Å². The minimum absolute atomic E-state index is 0.0520. The predicted octanol–water partition coefficient (Wildman–Crippen LogP) is 0.749. The van der Waals surface area contributed by atoms with Gasteiger partial charge in [-0.3, -0.25) is 10.1 Å². The molecule has 1 rings (SSSR count). The van der Waals surface area contributed by atoms with Gasteiger partial charge in [0.1, 0.15) is 5.54 Å². The van der Waals surface area contributed by atoms with E-state index >= 15 is 0 Å². The number of hydrogen-bond acceptors (Lipinski definition) is 3. The molecule has 0 atom stereocenters. The lowest BCUT2D eigenvalue weighted by Gasteiger charge is -2.37. The summed E-state index contributed by atoms with van der Waals surface area (Å²) in [5, 5.41) is 14.8. The summed E-state index contributed by atoms with van der Waals surface area (Å²) in [6.07, 6.45) is 8.83. The van der Waals surface area contributed by atoms with E-state index in [2.05, 4.69) is 23.5 Å². The van der Waals surface area contributed by atoms with Gasteiger partial charge in [-0.25, -0.2) is 4.79 Å². The zero-order chi connectivity index (χ0) is 14.3. The molecule has 0 aromatic heterocycles. The van der Waals surface area contributed by atoms with Gasteiger partial charge in [-0.05, 0) is 31.6 Å². The Kier molecular flexibility index (Phi) is 5.84. The summed E-state index contributed by atoms with van der Waals surface area (Å²) in [6, 6.07) is 0. The van der Waals surface area contributed by atoms with Crippen LogP contribution in [0.4, 0.5) is 0 Å². The molecule has 3 N–H and O–H groups in total. The van der Waals surface area contributed by atoms with Gasteiger partial charge in [0.05, 0.1) is 13.1 Å². The molecular weight excluding hydrogens is 244 g/mol. The van der Waals surface area contributed by atoms with Crippen LogP contribution < -0.4 is 10.6 Å². The molecular formula is C14H22N2O3. The Morgan fingerprint density at radius 1 is 1.42 bits per heavy atom. The molecule has 0 bridgehead atoms. The summed E-state index contributed by atoms with van der Waals surface area (Å²) >= 11 is 0. The summed E-state index contributed by atoms with van der Waals surface area (Å²) in [4.78, 5) is 23.2. The summed E-state index contributed by atoms with van der Waals surface area (Å²) < 4.78 is 0. The Balaban J connectivity index is 2.56. The standard InChI is InChI=1S/C14H22N2O3/c1-3-9-15-10-12(17)16-14(13(18)19)7-5-11(4-2)6-8-14/h1,11,15H,4-10H2,2H3,(H,16,17)(H,18,19). The largest absolute Gasteiger partial charge is 0.480 e. The molecule has 1 aliphatic rings. The van der Waals surface area contributed by atoms with Crippen molar-refractivity contribution < 1.29 is 14.7 Å². The lowest BCUT2D eigenvalue weighted by molar-refractivity contribution is -0.149. The number of hydrogen-bond donors (Lipinski definition) is 3. The minimum Gasteiger partial charge on any atom is -0.480 e. The molecule has 1 aliphatic carbocycles. The van der Waals surface area contributed by atoms with Gasteiger partial charge >= 0.3 is 5.97 Å². The topological polar surface area (TPSA) is 78.4 Å². The van der Waals surface area contributed by atoms with Crippen molar-refractivity contribution in [3.05, 3.63) is 0 Å². The first-order chi connectivity index (χ1) is 9.04. The monoisotopic (exact) mass is 266 g/mol. The first kappa shape index (κ1) is 15.5. The Hall–Kier alpha value is -1.54. The maximum atomic E-state index is 11.7. The highest BCUT2D eigenvalue weighted by Gasteiger charge is 2.42. The molecule has 5 heteroatoms. The molecule has 0 aliphatic heterocycles. The number of amides is 1. The minimum atomic E-state index is -1.10. The van der Waals surface area contributed by atoms with Crippen molar-refractivity contribution in [2.75, 3.05) is 13.1 Å². The third kappa shape index (κ3) is 4.25. The van der Waals surface area contributed by atoms with Gasteiger partial charge in [0.15, 0.2) is 0 Å². The zero-order valence-corrected chi connectivity index (χ0v) is 11.4. The van der Waals surface area contributed by atoms with E-state index in [1.54, 1.807) is 0 Å². The SMILES string of the molecule is C#CCNCC(=O)NC1(C(=O)O)CCC(CC)CC1. The number of carbonyl (C=O) groups is 2. The summed E-state index contributed by atoms with van der Waals surface area (Å²) in [5.41, 5.74) is -1.10. The number of aliphatic carboxylic acids is 1. The zero-order valence-electron chi connectivity index (χ0n) is 11.4. The second-order valence-corrected chi connectivity index (χ2v) is 5.09. The van der Waals surface area contributed by atoms with Crippen LogP contribution in [-0.2, 0) is 9.59 Å². The molecule has 1 fully saturated rings. The highest BCUT2D eigenvalue weighted by molar-refractivity contribution is 5.88. The van der Waals surface area contributed by atoms with E-state index in [1.165, 1.54) is 0 Å². The molecule has 0 aromatic carbocycles. The van der Waals surface area contributed by atoms with Crippen LogP contribution in [0.3, 0.4) is 0 Å². The van der Waals surface area contributed by atoms with Crippen molar-refractivity contribution in [2.24, 2.45) is 5.92 Å². The third-order valence-corrected chi connectivity index (χ3v) is 3.84. The molecule has 0 radical (unpaired) electrons. The van der Waals surface area contributed by atoms with Crippen molar-refractivity contribution in [3.8, 4) is 12.3 Å². The smallest absolute Gasteiger partial charge is 0.329 e. The van der Waals surface area contributed by atoms with E-state index in [0.29, 0.717) is 25.3 Å². The number of nitrogens with one attached hydrogen (secondary N) is 2. The third-order valence-electron chi connectivity index (χ3n) is 3.84. The van der Waals surface area contributed by atoms with Crippen LogP contribution in [0.15, 0.2) is 0 Å². The number of carbonyl (C=O) groups excluding carboxylic acids is 1. The second kappa shape index (κ2) is 7.15. The first-order valence-electron chi connectivity index (χ1n) is 6.72. The molecule has 1 amide bonds. The molecule has 0 spiro atoms. The van der Waals surface area contributed by atoms with Gasteiger partial charge in [0, 0.05) is 0 Å². The van der Waals surface area contributed by atoms with Crippen molar-refractivity contribution in [1.82, 2.24) is 10.6 Å². The normalized spacial score (nSPS) is 26.4. The molecule has 5 nitrogen and oxygen atoms in total. The fourth-order valence-electron chi connectivity index (χ4n) is 2.53. The fourth-order valence-corrected chi connectivity index (χ4v) is 2.53. The van der Waals surface area contributed by atoms with Crippen LogP contribution in [-0.4, -0.2) is 35.6 Å². The Morgan fingerprint density at radius 2 is 2.05 bits per heavy atom. The molecule has 1 saturated carbocycles. The van der Waals surface area contributed by atoms with Gasteiger partial charge < -0.3 is 10.4 Å². The predicted molar refractivity (Wildman–Crippen MR) is 72.5 cm³/mol. The van der Waals surface area contributed by atoms with Gasteiger partial charge in [0.25, 0.3) is 0 Å². The second-order valence-electron chi connectivity index (χ2n) is 5.09. The molecule has 106 valence electrons. The fraction of sp³-hybridized carbons (Fsp3) is 0.714.